The fraction of sp³-hybridized carbons (Fsp3) is 0.625. The normalized spacial score (nSPS) is 22.2. The topological polar surface area (TPSA) is 45.2 Å². The number of nitrogens with zero attached hydrogens (tertiary/aromatic N) is 2. The Labute approximate surface area is 131 Å². The first-order chi connectivity index (χ1) is 10.0. The largest absolute Gasteiger partial charge is 0.370 e. The maximum Gasteiger partial charge on any atom is 0.254 e. The van der Waals surface area contributed by atoms with Crippen LogP contribution in [0.4, 0.5) is 5.82 Å². The molecule has 0 unspecified atom stereocenters. The first-order valence-corrected chi connectivity index (χ1v) is 8.14. The minimum Gasteiger partial charge on any atom is -0.370 e. The summed E-state index contributed by atoms with van der Waals surface area (Å²) in [6.07, 6.45) is 4.32. The fourth-order valence-corrected chi connectivity index (χ4v) is 3.14. The number of hydrogen-bond acceptors (Lipinski definition) is 3. The van der Waals surface area contributed by atoms with E-state index in [1.165, 1.54) is 6.42 Å². The summed E-state index contributed by atoms with van der Waals surface area (Å²) in [5.74, 6) is 0.726. The molecule has 0 spiro atoms. The lowest BCUT2D eigenvalue weighted by Crippen LogP contribution is -2.47. The Morgan fingerprint density at radius 2 is 2.05 bits per heavy atom. The van der Waals surface area contributed by atoms with Gasteiger partial charge in [-0.3, -0.25) is 4.79 Å². The monoisotopic (exact) mass is 309 g/mol. The average molecular weight is 310 g/mol. The molecule has 5 heteroatoms. The molecule has 1 amide bonds. The SMILES string of the molecule is CCCNc1cc(C(=O)N2[C@H](C)CCC[C@@H]2C)cc(Cl)n1. The Balaban J connectivity index is 2.23. The van der Waals surface area contributed by atoms with Crippen molar-refractivity contribution in [3.8, 4) is 0 Å². The first kappa shape index (κ1) is 16.1. The molecule has 0 bridgehead atoms. The Bertz CT molecular complexity index is 496. The van der Waals surface area contributed by atoms with Crippen LogP contribution >= 0.6 is 11.6 Å². The standard InChI is InChI=1S/C16H24ClN3O/c1-4-8-18-15-10-13(9-14(17)19-15)16(21)20-11(2)6-5-7-12(20)3/h9-12H,4-8H2,1-3H3,(H,18,19)/t11-,12+. The summed E-state index contributed by atoms with van der Waals surface area (Å²) in [6, 6.07) is 4.02. The molecule has 116 valence electrons. The van der Waals surface area contributed by atoms with Gasteiger partial charge in [0.1, 0.15) is 11.0 Å². The van der Waals surface area contributed by atoms with Crippen LogP contribution in [0.2, 0.25) is 5.15 Å². The molecule has 1 aliphatic heterocycles. The Kier molecular flexibility index (Phi) is 5.45. The number of anilines is 1. The van der Waals surface area contributed by atoms with Crippen LogP contribution in [-0.2, 0) is 0 Å². The van der Waals surface area contributed by atoms with Crippen molar-refractivity contribution in [2.24, 2.45) is 0 Å². The number of halogens is 1. The van der Waals surface area contributed by atoms with E-state index in [1.54, 1.807) is 12.1 Å². The summed E-state index contributed by atoms with van der Waals surface area (Å²) in [5.41, 5.74) is 0.620. The second-order valence-electron chi connectivity index (χ2n) is 5.83. The predicted octanol–water partition coefficient (Wildman–Crippen LogP) is 3.96. The lowest BCUT2D eigenvalue weighted by molar-refractivity contribution is 0.0510. The second-order valence-corrected chi connectivity index (χ2v) is 6.22. The van der Waals surface area contributed by atoms with E-state index in [2.05, 4.69) is 31.1 Å². The summed E-state index contributed by atoms with van der Waals surface area (Å²) >= 11 is 6.06. The number of pyridine rings is 1. The zero-order valence-corrected chi connectivity index (χ0v) is 13.8. The summed E-state index contributed by atoms with van der Waals surface area (Å²) in [6.45, 7) is 7.14. The van der Waals surface area contributed by atoms with E-state index < -0.39 is 0 Å². The van der Waals surface area contributed by atoms with E-state index in [0.717, 1.165) is 25.8 Å². The number of carbonyl (C=O) groups is 1. The highest BCUT2D eigenvalue weighted by molar-refractivity contribution is 6.29. The van der Waals surface area contributed by atoms with E-state index in [0.29, 0.717) is 16.5 Å². The number of carbonyl (C=O) groups excluding carboxylic acids is 1. The van der Waals surface area contributed by atoms with Gasteiger partial charge in [0.25, 0.3) is 5.91 Å². The Hall–Kier alpha value is -1.29. The van der Waals surface area contributed by atoms with Crippen molar-refractivity contribution in [3.63, 3.8) is 0 Å². The van der Waals surface area contributed by atoms with Gasteiger partial charge in [0, 0.05) is 24.2 Å². The molecule has 2 atom stereocenters. The van der Waals surface area contributed by atoms with Gasteiger partial charge in [0.2, 0.25) is 0 Å². The Morgan fingerprint density at radius 1 is 1.38 bits per heavy atom. The molecule has 0 radical (unpaired) electrons. The number of aromatic nitrogens is 1. The van der Waals surface area contributed by atoms with Crippen LogP contribution in [-0.4, -0.2) is 34.4 Å². The van der Waals surface area contributed by atoms with E-state index in [-0.39, 0.29) is 18.0 Å². The summed E-state index contributed by atoms with van der Waals surface area (Å²) in [7, 11) is 0. The van der Waals surface area contributed by atoms with Crippen molar-refractivity contribution in [3.05, 3.63) is 22.8 Å². The van der Waals surface area contributed by atoms with Crippen LogP contribution in [0, 0.1) is 0 Å². The van der Waals surface area contributed by atoms with Crippen LogP contribution in [0.5, 0.6) is 0 Å². The zero-order valence-electron chi connectivity index (χ0n) is 13.0. The van der Waals surface area contributed by atoms with Crippen molar-refractivity contribution in [1.29, 1.82) is 0 Å². The quantitative estimate of drug-likeness (QED) is 0.856. The molecule has 1 aliphatic rings. The molecule has 2 rings (SSSR count). The van der Waals surface area contributed by atoms with Gasteiger partial charge in [-0.15, -0.1) is 0 Å². The average Bonchev–Trinajstić information content (AvgIpc) is 2.44. The maximum atomic E-state index is 12.8. The van der Waals surface area contributed by atoms with Gasteiger partial charge in [-0.25, -0.2) is 4.98 Å². The summed E-state index contributed by atoms with van der Waals surface area (Å²) in [5, 5.41) is 3.55. The third kappa shape index (κ3) is 3.88. The van der Waals surface area contributed by atoms with Gasteiger partial charge < -0.3 is 10.2 Å². The van der Waals surface area contributed by atoms with Gasteiger partial charge in [-0.1, -0.05) is 18.5 Å². The molecule has 0 aliphatic carbocycles. The van der Waals surface area contributed by atoms with Crippen LogP contribution in [0.25, 0.3) is 0 Å². The smallest absolute Gasteiger partial charge is 0.254 e. The van der Waals surface area contributed by atoms with Gasteiger partial charge >= 0.3 is 0 Å². The minimum absolute atomic E-state index is 0.0542. The minimum atomic E-state index is 0.0542. The summed E-state index contributed by atoms with van der Waals surface area (Å²) in [4.78, 5) is 19.0. The van der Waals surface area contributed by atoms with Crippen molar-refractivity contribution in [1.82, 2.24) is 9.88 Å². The molecule has 21 heavy (non-hydrogen) atoms. The Morgan fingerprint density at radius 3 is 2.67 bits per heavy atom. The lowest BCUT2D eigenvalue weighted by Gasteiger charge is -2.39. The van der Waals surface area contributed by atoms with E-state index in [4.69, 9.17) is 11.6 Å². The lowest BCUT2D eigenvalue weighted by atomic mass is 9.96. The molecule has 0 aromatic carbocycles. The molecular formula is C16H24ClN3O. The molecule has 1 aromatic heterocycles. The van der Waals surface area contributed by atoms with Gasteiger partial charge in [0.05, 0.1) is 0 Å². The van der Waals surface area contributed by atoms with Gasteiger partial charge in [0.15, 0.2) is 0 Å². The highest BCUT2D eigenvalue weighted by Crippen LogP contribution is 2.26. The number of amides is 1. The van der Waals surface area contributed by atoms with Crippen LogP contribution in [0.3, 0.4) is 0 Å². The number of hydrogen-bond donors (Lipinski definition) is 1. The number of nitrogens with one attached hydrogen (secondary N) is 1. The first-order valence-electron chi connectivity index (χ1n) is 7.77. The zero-order chi connectivity index (χ0) is 15.4. The van der Waals surface area contributed by atoms with Crippen molar-refractivity contribution in [2.75, 3.05) is 11.9 Å². The molecule has 1 saturated heterocycles. The maximum absolute atomic E-state index is 12.8. The van der Waals surface area contributed by atoms with Crippen LogP contribution in [0.15, 0.2) is 12.1 Å². The molecule has 2 heterocycles. The predicted molar refractivity (Wildman–Crippen MR) is 87.0 cm³/mol. The molecule has 1 fully saturated rings. The van der Waals surface area contributed by atoms with Crippen molar-refractivity contribution < 1.29 is 4.79 Å². The molecule has 1 aromatic rings. The highest BCUT2D eigenvalue weighted by atomic mass is 35.5. The number of piperidine rings is 1. The van der Waals surface area contributed by atoms with Crippen molar-refractivity contribution >= 4 is 23.3 Å². The van der Waals surface area contributed by atoms with Crippen LogP contribution < -0.4 is 5.32 Å². The van der Waals surface area contributed by atoms with Crippen molar-refractivity contribution in [2.45, 2.75) is 58.5 Å². The highest BCUT2D eigenvalue weighted by Gasteiger charge is 2.30. The number of likely N-dealkylation sites (tertiary alicyclic amines) is 1. The van der Waals surface area contributed by atoms with E-state index >= 15 is 0 Å². The number of rotatable bonds is 4. The van der Waals surface area contributed by atoms with E-state index in [1.807, 2.05) is 4.90 Å². The van der Waals surface area contributed by atoms with E-state index in [9.17, 15) is 4.79 Å². The molecule has 0 saturated carbocycles. The fourth-order valence-electron chi connectivity index (χ4n) is 2.93. The van der Waals surface area contributed by atoms with Gasteiger partial charge in [-0.2, -0.15) is 0 Å². The van der Waals surface area contributed by atoms with Crippen LogP contribution in [0.1, 0.15) is 56.8 Å². The molecule has 1 N–H and O–H groups in total. The van der Waals surface area contributed by atoms with Gasteiger partial charge in [-0.05, 0) is 51.7 Å². The molecular weight excluding hydrogens is 286 g/mol. The molecule has 4 nitrogen and oxygen atoms in total. The third-order valence-corrected chi connectivity index (χ3v) is 4.22. The third-order valence-electron chi connectivity index (χ3n) is 4.03. The second kappa shape index (κ2) is 7.12. The summed E-state index contributed by atoms with van der Waals surface area (Å²) < 4.78 is 0.